The highest BCUT2D eigenvalue weighted by Crippen LogP contribution is 2.38. The lowest BCUT2D eigenvalue weighted by Gasteiger charge is -2.07. The van der Waals surface area contributed by atoms with Crippen LogP contribution in [0.25, 0.3) is 0 Å². The van der Waals surface area contributed by atoms with Gasteiger partial charge in [-0.2, -0.15) is 0 Å². The van der Waals surface area contributed by atoms with Crippen LogP contribution in [-0.2, 0) is 4.74 Å². The molecule has 0 bridgehead atoms. The van der Waals surface area contributed by atoms with Gasteiger partial charge < -0.3 is 9.30 Å². The molecule has 2 heterocycles. The zero-order chi connectivity index (χ0) is 15.7. The van der Waals surface area contributed by atoms with E-state index in [4.69, 9.17) is 4.74 Å². The molecule has 0 aromatic carbocycles. The third-order valence-electron chi connectivity index (χ3n) is 3.93. The number of carbonyl (C=O) groups is 2. The summed E-state index contributed by atoms with van der Waals surface area (Å²) in [6.45, 7) is 3.70. The summed E-state index contributed by atoms with van der Waals surface area (Å²) in [6.07, 6.45) is 5.33. The molecule has 114 valence electrons. The van der Waals surface area contributed by atoms with Crippen LogP contribution >= 0.6 is 0 Å². The van der Waals surface area contributed by atoms with Gasteiger partial charge >= 0.3 is 5.97 Å². The fraction of sp³-hybridized carbons (Fsp3) is 0.353. The molecule has 0 unspecified atom stereocenters. The van der Waals surface area contributed by atoms with Crippen LogP contribution in [0.5, 0.6) is 0 Å². The highest BCUT2D eigenvalue weighted by atomic mass is 16.5. The van der Waals surface area contributed by atoms with Crippen molar-refractivity contribution < 1.29 is 14.3 Å². The molecular formula is C17H18N2O3. The van der Waals surface area contributed by atoms with Crippen molar-refractivity contribution in [2.45, 2.75) is 32.7 Å². The van der Waals surface area contributed by atoms with Crippen molar-refractivity contribution in [1.29, 1.82) is 0 Å². The number of Topliss-reactive ketones (excluding diaryl/α,β-unsaturated/α-hetero) is 1. The molecule has 2 aromatic rings. The second-order valence-electron chi connectivity index (χ2n) is 5.63. The Kier molecular flexibility index (Phi) is 3.79. The van der Waals surface area contributed by atoms with Crippen molar-refractivity contribution in [3.63, 3.8) is 0 Å². The van der Waals surface area contributed by atoms with Crippen molar-refractivity contribution in [3.05, 3.63) is 53.1 Å². The third kappa shape index (κ3) is 2.79. The number of esters is 1. The van der Waals surface area contributed by atoms with E-state index < -0.39 is 5.97 Å². The molecule has 0 saturated heterocycles. The van der Waals surface area contributed by atoms with Crippen molar-refractivity contribution in [2.75, 3.05) is 6.61 Å². The van der Waals surface area contributed by atoms with Gasteiger partial charge in [0.05, 0.1) is 5.56 Å². The summed E-state index contributed by atoms with van der Waals surface area (Å²) in [5.74, 6) is -0.699. The highest BCUT2D eigenvalue weighted by molar-refractivity contribution is 6.00. The summed E-state index contributed by atoms with van der Waals surface area (Å²) in [4.78, 5) is 28.0. The van der Waals surface area contributed by atoms with E-state index in [-0.39, 0.29) is 12.4 Å². The van der Waals surface area contributed by atoms with E-state index in [1.807, 2.05) is 19.9 Å². The average Bonchev–Trinajstić information content (AvgIpc) is 3.31. The van der Waals surface area contributed by atoms with Crippen molar-refractivity contribution >= 4 is 11.8 Å². The number of aryl methyl sites for hydroxylation is 1. The van der Waals surface area contributed by atoms with Crippen molar-refractivity contribution in [3.8, 4) is 0 Å². The van der Waals surface area contributed by atoms with Crippen LogP contribution < -0.4 is 0 Å². The Labute approximate surface area is 128 Å². The van der Waals surface area contributed by atoms with Crippen LogP contribution in [0.1, 0.15) is 51.0 Å². The van der Waals surface area contributed by atoms with Gasteiger partial charge in [0.1, 0.15) is 0 Å². The Balaban J connectivity index is 1.68. The van der Waals surface area contributed by atoms with Gasteiger partial charge in [-0.05, 0) is 44.9 Å². The Morgan fingerprint density at radius 3 is 2.77 bits per heavy atom. The fourth-order valence-electron chi connectivity index (χ4n) is 2.73. The molecule has 22 heavy (non-hydrogen) atoms. The summed E-state index contributed by atoms with van der Waals surface area (Å²) >= 11 is 0. The zero-order valence-electron chi connectivity index (χ0n) is 12.7. The van der Waals surface area contributed by atoms with Gasteiger partial charge in [-0.1, -0.05) is 0 Å². The van der Waals surface area contributed by atoms with E-state index in [1.54, 1.807) is 18.3 Å². The molecular weight excluding hydrogens is 280 g/mol. The van der Waals surface area contributed by atoms with Crippen LogP contribution in [0, 0.1) is 13.8 Å². The van der Waals surface area contributed by atoms with Crippen molar-refractivity contribution in [1.82, 2.24) is 9.55 Å². The standard InChI is InChI=1S/C17H18N2O3/c1-11-8-15(12(2)19(11)14-5-6-14)16(20)10-22-17(21)13-4-3-7-18-9-13/h3-4,7-9,14H,5-6,10H2,1-2H3. The topological polar surface area (TPSA) is 61.2 Å². The lowest BCUT2D eigenvalue weighted by molar-refractivity contribution is 0.0474. The molecule has 2 aromatic heterocycles. The maximum Gasteiger partial charge on any atom is 0.340 e. The number of ketones is 1. The molecule has 0 radical (unpaired) electrons. The monoisotopic (exact) mass is 298 g/mol. The van der Waals surface area contributed by atoms with Gasteiger partial charge in [0.25, 0.3) is 0 Å². The summed E-state index contributed by atoms with van der Waals surface area (Å²) in [7, 11) is 0. The van der Waals surface area contributed by atoms with Crippen LogP contribution in [-0.4, -0.2) is 27.9 Å². The zero-order valence-corrected chi connectivity index (χ0v) is 12.7. The quantitative estimate of drug-likeness (QED) is 0.629. The first-order valence-corrected chi connectivity index (χ1v) is 7.36. The minimum Gasteiger partial charge on any atom is -0.454 e. The number of hydrogen-bond acceptors (Lipinski definition) is 4. The predicted octanol–water partition coefficient (Wildman–Crippen LogP) is 2.87. The smallest absolute Gasteiger partial charge is 0.340 e. The first kappa shape index (κ1) is 14.5. The molecule has 0 spiro atoms. The maximum atomic E-state index is 12.3. The number of carbonyl (C=O) groups excluding carboxylic acids is 2. The minimum atomic E-state index is -0.530. The molecule has 3 rings (SSSR count). The van der Waals surface area contributed by atoms with E-state index in [0.717, 1.165) is 11.4 Å². The summed E-state index contributed by atoms with van der Waals surface area (Å²) in [6, 6.07) is 5.67. The molecule has 1 fully saturated rings. The Hall–Kier alpha value is -2.43. The fourth-order valence-corrected chi connectivity index (χ4v) is 2.73. The normalized spacial score (nSPS) is 13.9. The molecule has 0 N–H and O–H groups in total. The van der Waals surface area contributed by atoms with E-state index >= 15 is 0 Å². The molecule has 1 saturated carbocycles. The molecule has 0 atom stereocenters. The third-order valence-corrected chi connectivity index (χ3v) is 3.93. The largest absolute Gasteiger partial charge is 0.454 e. The minimum absolute atomic E-state index is 0.169. The number of rotatable bonds is 5. The van der Waals surface area contributed by atoms with Gasteiger partial charge in [0, 0.05) is 35.4 Å². The number of pyridine rings is 1. The highest BCUT2D eigenvalue weighted by Gasteiger charge is 2.28. The maximum absolute atomic E-state index is 12.3. The van der Waals surface area contributed by atoms with Gasteiger partial charge in [-0.25, -0.2) is 4.79 Å². The van der Waals surface area contributed by atoms with Crippen LogP contribution in [0.4, 0.5) is 0 Å². The van der Waals surface area contributed by atoms with Crippen molar-refractivity contribution in [2.24, 2.45) is 0 Å². The molecule has 5 heteroatoms. The lowest BCUT2D eigenvalue weighted by atomic mass is 10.1. The first-order valence-electron chi connectivity index (χ1n) is 7.36. The number of nitrogens with zero attached hydrogens (tertiary/aromatic N) is 2. The van der Waals surface area contributed by atoms with Crippen LogP contribution in [0.15, 0.2) is 30.6 Å². The van der Waals surface area contributed by atoms with E-state index in [1.165, 1.54) is 19.0 Å². The second-order valence-corrected chi connectivity index (χ2v) is 5.63. The Morgan fingerprint density at radius 2 is 2.14 bits per heavy atom. The van der Waals surface area contributed by atoms with E-state index in [9.17, 15) is 9.59 Å². The summed E-state index contributed by atoms with van der Waals surface area (Å²) in [5, 5.41) is 0. The average molecular weight is 298 g/mol. The van der Waals surface area contributed by atoms with Gasteiger partial charge in [0.2, 0.25) is 5.78 Å². The molecule has 0 aliphatic heterocycles. The number of aromatic nitrogens is 2. The van der Waals surface area contributed by atoms with Gasteiger partial charge in [0.15, 0.2) is 6.61 Å². The van der Waals surface area contributed by atoms with Crippen LogP contribution in [0.2, 0.25) is 0 Å². The SMILES string of the molecule is Cc1cc(C(=O)COC(=O)c2cccnc2)c(C)n1C1CC1. The Morgan fingerprint density at radius 1 is 1.36 bits per heavy atom. The number of hydrogen-bond donors (Lipinski definition) is 0. The van der Waals surface area contributed by atoms with Gasteiger partial charge in [-0.3, -0.25) is 9.78 Å². The molecule has 1 aliphatic rings. The predicted molar refractivity (Wildman–Crippen MR) is 81.0 cm³/mol. The lowest BCUT2D eigenvalue weighted by Crippen LogP contribution is -2.15. The van der Waals surface area contributed by atoms with E-state index in [2.05, 4.69) is 9.55 Å². The van der Waals surface area contributed by atoms with Gasteiger partial charge in [-0.15, -0.1) is 0 Å². The second kappa shape index (κ2) is 5.75. The first-order chi connectivity index (χ1) is 10.6. The summed E-state index contributed by atoms with van der Waals surface area (Å²) in [5.41, 5.74) is 3.03. The molecule has 5 nitrogen and oxygen atoms in total. The molecule has 0 amide bonds. The summed E-state index contributed by atoms with van der Waals surface area (Å²) < 4.78 is 7.29. The van der Waals surface area contributed by atoms with E-state index in [0.29, 0.717) is 17.2 Å². The van der Waals surface area contributed by atoms with Crippen LogP contribution in [0.3, 0.4) is 0 Å². The molecule has 1 aliphatic carbocycles. The number of ether oxygens (including phenoxy) is 1. The Bertz CT molecular complexity index is 715.